The van der Waals surface area contributed by atoms with Gasteiger partial charge in [0, 0.05) is 17.4 Å². The molecule has 2 rings (SSSR count). The van der Waals surface area contributed by atoms with E-state index in [-0.39, 0.29) is 23.7 Å². The zero-order chi connectivity index (χ0) is 23.8. The molecule has 31 heavy (non-hydrogen) atoms. The maximum absolute atomic E-state index is 12.4. The van der Waals surface area contributed by atoms with E-state index in [1.807, 2.05) is 6.92 Å². The molecule has 178 valence electrons. The van der Waals surface area contributed by atoms with E-state index in [1.165, 1.54) is 0 Å². The number of allylic oxidation sites excluding steroid dienone is 1. The number of aliphatic hydroxyl groups excluding tert-OH is 1. The maximum atomic E-state index is 12.4. The first-order chi connectivity index (χ1) is 14.2. The summed E-state index contributed by atoms with van der Waals surface area (Å²) < 4.78 is 5.65. The summed E-state index contributed by atoms with van der Waals surface area (Å²) in [6, 6.07) is 0. The van der Waals surface area contributed by atoms with Crippen molar-refractivity contribution in [3.63, 3.8) is 0 Å². The summed E-state index contributed by atoms with van der Waals surface area (Å²) in [6.45, 7) is 13.6. The SMILES string of the molecule is CC=C(C)C(=O)OC1C(O)CC2C(C)(CCC(C)CC(=O)O)C(C)CCC2(C)C1(C)O. The first-order valence-corrected chi connectivity index (χ1v) is 11.7. The Bertz CT molecular complexity index is 713. The molecule has 6 heteroatoms. The lowest BCUT2D eigenvalue weighted by Gasteiger charge is -2.65. The third kappa shape index (κ3) is 4.70. The quantitative estimate of drug-likeness (QED) is 0.404. The second-order valence-corrected chi connectivity index (χ2v) is 10.9. The Morgan fingerprint density at radius 2 is 1.87 bits per heavy atom. The van der Waals surface area contributed by atoms with Crippen LogP contribution >= 0.6 is 0 Å². The second-order valence-electron chi connectivity index (χ2n) is 10.9. The van der Waals surface area contributed by atoms with Crippen LogP contribution in [0.1, 0.15) is 87.0 Å². The standard InChI is InChI=1S/C25H42O6/c1-8-16(3)22(29)31-21-18(26)14-19-23(5,11-9-15(2)13-20(27)28)17(4)10-12-24(19,6)25(21,7)30/h8,15,17-19,21,26,30H,9-14H2,1-7H3,(H,27,28). The molecule has 2 fully saturated rings. The first kappa shape index (κ1) is 25.9. The van der Waals surface area contributed by atoms with E-state index in [9.17, 15) is 19.8 Å². The van der Waals surface area contributed by atoms with E-state index in [0.29, 0.717) is 17.9 Å². The number of carbonyl (C=O) groups is 2. The molecule has 6 nitrogen and oxygen atoms in total. The van der Waals surface area contributed by atoms with E-state index < -0.39 is 35.2 Å². The summed E-state index contributed by atoms with van der Waals surface area (Å²) in [6.07, 6.45) is 3.66. The Balaban J connectivity index is 2.33. The molecular formula is C25H42O6. The molecule has 0 saturated heterocycles. The van der Waals surface area contributed by atoms with Crippen LogP contribution in [0, 0.1) is 28.6 Å². The van der Waals surface area contributed by atoms with E-state index in [0.717, 1.165) is 25.7 Å². The van der Waals surface area contributed by atoms with Crippen LogP contribution in [0.25, 0.3) is 0 Å². The predicted octanol–water partition coefficient (Wildman–Crippen LogP) is 4.33. The van der Waals surface area contributed by atoms with E-state index in [1.54, 1.807) is 26.8 Å². The monoisotopic (exact) mass is 438 g/mol. The Morgan fingerprint density at radius 3 is 2.42 bits per heavy atom. The predicted molar refractivity (Wildman–Crippen MR) is 119 cm³/mol. The van der Waals surface area contributed by atoms with Crippen molar-refractivity contribution >= 4 is 11.9 Å². The van der Waals surface area contributed by atoms with Crippen molar-refractivity contribution in [1.82, 2.24) is 0 Å². The van der Waals surface area contributed by atoms with Gasteiger partial charge in [0.1, 0.15) is 5.60 Å². The van der Waals surface area contributed by atoms with Crippen molar-refractivity contribution in [3.05, 3.63) is 11.6 Å². The highest BCUT2D eigenvalue weighted by Gasteiger charge is 2.66. The summed E-state index contributed by atoms with van der Waals surface area (Å²) in [5.41, 5.74) is -1.62. The van der Waals surface area contributed by atoms with Crippen LogP contribution in [-0.4, -0.2) is 45.1 Å². The van der Waals surface area contributed by atoms with Gasteiger partial charge in [-0.15, -0.1) is 0 Å². The minimum Gasteiger partial charge on any atom is -0.481 e. The van der Waals surface area contributed by atoms with E-state index in [2.05, 4.69) is 20.8 Å². The molecular weight excluding hydrogens is 396 g/mol. The van der Waals surface area contributed by atoms with Crippen molar-refractivity contribution in [3.8, 4) is 0 Å². The lowest BCUT2D eigenvalue weighted by molar-refractivity contribution is -0.269. The minimum absolute atomic E-state index is 0.0311. The molecule has 0 aromatic carbocycles. The second kappa shape index (κ2) is 9.22. The molecule has 8 atom stereocenters. The zero-order valence-corrected chi connectivity index (χ0v) is 20.3. The van der Waals surface area contributed by atoms with Gasteiger partial charge in [-0.1, -0.05) is 33.8 Å². The van der Waals surface area contributed by atoms with Crippen molar-refractivity contribution in [2.75, 3.05) is 0 Å². The van der Waals surface area contributed by atoms with Crippen LogP contribution in [0.15, 0.2) is 11.6 Å². The average Bonchev–Trinajstić information content (AvgIpc) is 2.68. The van der Waals surface area contributed by atoms with Crippen LogP contribution in [0.2, 0.25) is 0 Å². The highest BCUT2D eigenvalue weighted by Crippen LogP contribution is 2.64. The number of carboxylic acids is 1. The van der Waals surface area contributed by atoms with Gasteiger partial charge in [0.15, 0.2) is 6.10 Å². The lowest BCUT2D eigenvalue weighted by atomic mass is 9.42. The number of aliphatic hydroxyl groups is 2. The number of hydrogen-bond donors (Lipinski definition) is 3. The van der Waals surface area contributed by atoms with Gasteiger partial charge in [-0.05, 0) is 76.0 Å². The molecule has 2 aliphatic carbocycles. The van der Waals surface area contributed by atoms with Crippen molar-refractivity contribution in [2.45, 2.75) is 105 Å². The fourth-order valence-corrected chi connectivity index (χ4v) is 6.19. The highest BCUT2D eigenvalue weighted by atomic mass is 16.6. The number of carboxylic acid groups (broad SMARTS) is 1. The zero-order valence-electron chi connectivity index (χ0n) is 20.3. The fourth-order valence-electron chi connectivity index (χ4n) is 6.19. The van der Waals surface area contributed by atoms with Gasteiger partial charge >= 0.3 is 11.9 Å². The molecule has 0 aromatic heterocycles. The van der Waals surface area contributed by atoms with Crippen molar-refractivity contribution in [1.29, 1.82) is 0 Å². The molecule has 8 unspecified atom stereocenters. The fraction of sp³-hybridized carbons (Fsp3) is 0.840. The van der Waals surface area contributed by atoms with Gasteiger partial charge in [-0.25, -0.2) is 4.79 Å². The Kier molecular flexibility index (Phi) is 7.69. The number of aliphatic carboxylic acids is 1. The third-order valence-electron chi connectivity index (χ3n) is 9.01. The molecule has 0 spiro atoms. The van der Waals surface area contributed by atoms with Gasteiger partial charge in [0.05, 0.1) is 6.10 Å². The molecule has 0 radical (unpaired) electrons. The summed E-state index contributed by atoms with van der Waals surface area (Å²) in [7, 11) is 0. The molecule has 0 amide bonds. The molecule has 2 saturated carbocycles. The summed E-state index contributed by atoms with van der Waals surface area (Å²) in [5.74, 6) is -0.806. The van der Waals surface area contributed by atoms with Gasteiger partial charge in [-0.2, -0.15) is 0 Å². The molecule has 0 aromatic rings. The maximum Gasteiger partial charge on any atom is 0.333 e. The van der Waals surface area contributed by atoms with Crippen LogP contribution in [-0.2, 0) is 14.3 Å². The Hall–Kier alpha value is -1.40. The van der Waals surface area contributed by atoms with E-state index in [4.69, 9.17) is 9.84 Å². The smallest absolute Gasteiger partial charge is 0.333 e. The minimum atomic E-state index is -1.38. The van der Waals surface area contributed by atoms with Gasteiger partial charge in [0.25, 0.3) is 0 Å². The Labute approximate surface area is 187 Å². The van der Waals surface area contributed by atoms with Crippen LogP contribution in [0.3, 0.4) is 0 Å². The van der Waals surface area contributed by atoms with Crippen molar-refractivity contribution in [2.24, 2.45) is 28.6 Å². The normalized spacial score (nSPS) is 41.9. The van der Waals surface area contributed by atoms with Crippen LogP contribution in [0.5, 0.6) is 0 Å². The molecule has 0 heterocycles. The molecule has 2 aliphatic rings. The van der Waals surface area contributed by atoms with Gasteiger partial charge in [-0.3, -0.25) is 4.79 Å². The Morgan fingerprint density at radius 1 is 1.26 bits per heavy atom. The topological polar surface area (TPSA) is 104 Å². The lowest BCUT2D eigenvalue weighted by Crippen LogP contribution is -2.69. The first-order valence-electron chi connectivity index (χ1n) is 11.7. The number of fused-ring (bicyclic) bond motifs is 1. The third-order valence-corrected chi connectivity index (χ3v) is 9.01. The van der Waals surface area contributed by atoms with Crippen LogP contribution in [0.4, 0.5) is 0 Å². The van der Waals surface area contributed by atoms with Crippen molar-refractivity contribution < 1.29 is 29.6 Å². The number of hydrogen-bond acceptors (Lipinski definition) is 5. The largest absolute Gasteiger partial charge is 0.481 e. The summed E-state index contributed by atoms with van der Waals surface area (Å²) in [4.78, 5) is 23.5. The number of esters is 1. The number of carbonyl (C=O) groups excluding carboxylic acids is 1. The number of ether oxygens (including phenoxy) is 1. The summed E-state index contributed by atoms with van der Waals surface area (Å²) >= 11 is 0. The molecule has 0 bridgehead atoms. The summed E-state index contributed by atoms with van der Waals surface area (Å²) in [5, 5.41) is 31.9. The van der Waals surface area contributed by atoms with Gasteiger partial charge < -0.3 is 20.1 Å². The molecule has 0 aliphatic heterocycles. The molecule has 3 N–H and O–H groups in total. The van der Waals surface area contributed by atoms with E-state index >= 15 is 0 Å². The average molecular weight is 439 g/mol. The van der Waals surface area contributed by atoms with Gasteiger partial charge in [0.2, 0.25) is 0 Å². The highest BCUT2D eigenvalue weighted by molar-refractivity contribution is 5.87. The number of rotatable bonds is 7. The van der Waals surface area contributed by atoms with Crippen LogP contribution < -0.4 is 0 Å².